The zero-order chi connectivity index (χ0) is 19.1. The monoisotopic (exact) mass is 484 g/mol. The Morgan fingerprint density at radius 1 is 1.26 bits per heavy atom. The van der Waals surface area contributed by atoms with Crippen LogP contribution in [0.2, 0.25) is 0 Å². The summed E-state index contributed by atoms with van der Waals surface area (Å²) in [6, 6.07) is 8.69. The van der Waals surface area contributed by atoms with E-state index < -0.39 is 0 Å². The molecule has 0 amide bonds. The van der Waals surface area contributed by atoms with Gasteiger partial charge in [-0.05, 0) is 39.1 Å². The van der Waals surface area contributed by atoms with Crippen molar-refractivity contribution in [3.63, 3.8) is 0 Å². The van der Waals surface area contributed by atoms with Gasteiger partial charge in [-0.3, -0.25) is 9.67 Å². The summed E-state index contributed by atoms with van der Waals surface area (Å²) in [6.07, 6.45) is 3.98. The summed E-state index contributed by atoms with van der Waals surface area (Å²) in [4.78, 5) is 9.27. The minimum atomic E-state index is 0. The van der Waals surface area contributed by atoms with Crippen LogP contribution in [0.3, 0.4) is 0 Å². The highest BCUT2D eigenvalue weighted by Gasteiger charge is 2.16. The Kier molecular flexibility index (Phi) is 9.79. The number of aryl methyl sites for hydroxylation is 2. The van der Waals surface area contributed by atoms with Crippen LogP contribution in [-0.4, -0.2) is 59.8 Å². The van der Waals surface area contributed by atoms with Gasteiger partial charge < -0.3 is 15.1 Å². The molecule has 2 rings (SSSR count). The van der Waals surface area contributed by atoms with Gasteiger partial charge in [0.05, 0.1) is 18.8 Å². The first-order chi connectivity index (χ1) is 12.4. The van der Waals surface area contributed by atoms with Gasteiger partial charge in [-0.1, -0.05) is 24.3 Å². The molecule has 1 heterocycles. The molecule has 0 spiro atoms. The van der Waals surface area contributed by atoms with Gasteiger partial charge in [-0.25, -0.2) is 0 Å². The number of benzene rings is 1. The fraction of sp³-hybridized carbons (Fsp3) is 0.500. The lowest BCUT2D eigenvalue weighted by atomic mass is 10.1. The van der Waals surface area contributed by atoms with E-state index in [2.05, 4.69) is 85.7 Å². The standard InChI is InChI=1S/C20H32N6.HI/c1-7-21-20(25(5)14-17-11-9-8-10-16(17)2)22-13-19(24(3)4)18-12-23-26(6)15-18;/h8-12,15,19H,7,13-14H2,1-6H3,(H,21,22);1H. The Hall–Kier alpha value is -1.61. The van der Waals surface area contributed by atoms with Crippen LogP contribution in [0.15, 0.2) is 41.7 Å². The van der Waals surface area contributed by atoms with Crippen LogP contribution in [0.1, 0.15) is 29.7 Å². The van der Waals surface area contributed by atoms with Crippen LogP contribution in [-0.2, 0) is 13.6 Å². The number of halogens is 1. The van der Waals surface area contributed by atoms with Crippen molar-refractivity contribution in [3.05, 3.63) is 53.3 Å². The summed E-state index contributed by atoms with van der Waals surface area (Å²) < 4.78 is 1.84. The molecule has 7 heteroatoms. The molecule has 1 N–H and O–H groups in total. The molecule has 6 nitrogen and oxygen atoms in total. The number of rotatable bonds is 7. The minimum absolute atomic E-state index is 0. The number of guanidine groups is 1. The molecule has 2 aromatic rings. The highest BCUT2D eigenvalue weighted by Crippen LogP contribution is 2.18. The van der Waals surface area contributed by atoms with Crippen LogP contribution < -0.4 is 5.32 Å². The van der Waals surface area contributed by atoms with E-state index in [1.807, 2.05) is 17.9 Å². The molecule has 0 saturated heterocycles. The second-order valence-electron chi connectivity index (χ2n) is 6.90. The van der Waals surface area contributed by atoms with Crippen molar-refractivity contribution in [2.45, 2.75) is 26.4 Å². The molecule has 0 aliphatic heterocycles. The van der Waals surface area contributed by atoms with E-state index in [-0.39, 0.29) is 30.0 Å². The van der Waals surface area contributed by atoms with E-state index >= 15 is 0 Å². The SMILES string of the molecule is CCNC(=NCC(c1cnn(C)c1)N(C)C)N(C)Cc1ccccc1C.I. The second kappa shape index (κ2) is 11.3. The van der Waals surface area contributed by atoms with Crippen molar-refractivity contribution >= 4 is 29.9 Å². The summed E-state index contributed by atoms with van der Waals surface area (Å²) in [7, 11) is 8.19. The topological polar surface area (TPSA) is 48.7 Å². The van der Waals surface area contributed by atoms with Crippen LogP contribution in [0.5, 0.6) is 0 Å². The van der Waals surface area contributed by atoms with Crippen LogP contribution in [0.25, 0.3) is 0 Å². The molecular weight excluding hydrogens is 451 g/mol. The largest absolute Gasteiger partial charge is 0.357 e. The predicted molar refractivity (Wildman–Crippen MR) is 124 cm³/mol. The van der Waals surface area contributed by atoms with Gasteiger partial charge in [0.2, 0.25) is 0 Å². The minimum Gasteiger partial charge on any atom is -0.357 e. The Morgan fingerprint density at radius 3 is 2.52 bits per heavy atom. The number of likely N-dealkylation sites (N-methyl/N-ethyl adjacent to an activating group) is 1. The summed E-state index contributed by atoms with van der Waals surface area (Å²) in [5.74, 6) is 0.923. The first-order valence-corrected chi connectivity index (χ1v) is 9.11. The number of aliphatic imine (C=N–C) groups is 1. The number of aromatic nitrogens is 2. The van der Waals surface area contributed by atoms with E-state index in [1.165, 1.54) is 16.7 Å². The van der Waals surface area contributed by atoms with E-state index in [0.717, 1.165) is 19.0 Å². The molecule has 150 valence electrons. The van der Waals surface area contributed by atoms with Crippen molar-refractivity contribution in [2.75, 3.05) is 34.2 Å². The van der Waals surface area contributed by atoms with Crippen molar-refractivity contribution in [1.29, 1.82) is 0 Å². The first-order valence-electron chi connectivity index (χ1n) is 9.11. The first kappa shape index (κ1) is 23.4. The lowest BCUT2D eigenvalue weighted by Gasteiger charge is -2.25. The molecule has 1 aromatic heterocycles. The molecule has 0 fully saturated rings. The fourth-order valence-corrected chi connectivity index (χ4v) is 2.94. The summed E-state index contributed by atoms with van der Waals surface area (Å²) in [6.45, 7) is 6.60. The van der Waals surface area contributed by atoms with Gasteiger partial charge >= 0.3 is 0 Å². The van der Waals surface area contributed by atoms with E-state index in [0.29, 0.717) is 6.54 Å². The van der Waals surface area contributed by atoms with Crippen LogP contribution in [0, 0.1) is 6.92 Å². The number of hydrogen-bond acceptors (Lipinski definition) is 3. The highest BCUT2D eigenvalue weighted by molar-refractivity contribution is 14.0. The molecule has 0 aliphatic rings. The Bertz CT molecular complexity index is 725. The van der Waals surface area contributed by atoms with E-state index in [9.17, 15) is 0 Å². The average Bonchev–Trinajstić information content (AvgIpc) is 3.02. The average molecular weight is 484 g/mol. The zero-order valence-corrected chi connectivity index (χ0v) is 19.6. The van der Waals surface area contributed by atoms with Crippen LogP contribution in [0.4, 0.5) is 0 Å². The maximum atomic E-state index is 4.90. The predicted octanol–water partition coefficient (Wildman–Crippen LogP) is 3.05. The molecule has 1 aromatic carbocycles. The van der Waals surface area contributed by atoms with Gasteiger partial charge in [0.25, 0.3) is 0 Å². The molecule has 1 unspecified atom stereocenters. The van der Waals surface area contributed by atoms with Gasteiger partial charge in [0.1, 0.15) is 0 Å². The number of nitrogens with one attached hydrogen (secondary N) is 1. The zero-order valence-electron chi connectivity index (χ0n) is 17.3. The maximum absolute atomic E-state index is 4.90. The summed E-state index contributed by atoms with van der Waals surface area (Å²) in [5, 5.41) is 7.71. The Morgan fingerprint density at radius 2 is 1.96 bits per heavy atom. The van der Waals surface area contributed by atoms with Gasteiger partial charge in [0, 0.05) is 38.9 Å². The molecule has 0 saturated carbocycles. The van der Waals surface area contributed by atoms with Crippen molar-refractivity contribution < 1.29 is 0 Å². The van der Waals surface area contributed by atoms with Gasteiger partial charge in [0.15, 0.2) is 5.96 Å². The Balaban J connectivity index is 0.00000364. The maximum Gasteiger partial charge on any atom is 0.194 e. The number of nitrogens with zero attached hydrogens (tertiary/aromatic N) is 5. The van der Waals surface area contributed by atoms with Gasteiger partial charge in [-0.15, -0.1) is 24.0 Å². The van der Waals surface area contributed by atoms with Crippen LogP contribution >= 0.6 is 24.0 Å². The highest BCUT2D eigenvalue weighted by atomic mass is 127. The Labute approximate surface area is 180 Å². The van der Waals surface area contributed by atoms with Crippen molar-refractivity contribution in [1.82, 2.24) is 24.9 Å². The lowest BCUT2D eigenvalue weighted by molar-refractivity contribution is 0.305. The third kappa shape index (κ3) is 6.80. The van der Waals surface area contributed by atoms with Gasteiger partial charge in [-0.2, -0.15) is 5.10 Å². The number of hydrogen-bond donors (Lipinski definition) is 1. The van der Waals surface area contributed by atoms with E-state index in [1.54, 1.807) is 0 Å². The molecular formula is C20H33IN6. The van der Waals surface area contributed by atoms with Crippen molar-refractivity contribution in [2.24, 2.45) is 12.0 Å². The molecule has 0 aliphatic carbocycles. The smallest absolute Gasteiger partial charge is 0.194 e. The normalized spacial score (nSPS) is 12.6. The molecule has 1 atom stereocenters. The molecule has 0 bridgehead atoms. The molecule has 27 heavy (non-hydrogen) atoms. The lowest BCUT2D eigenvalue weighted by Crippen LogP contribution is -2.39. The third-order valence-corrected chi connectivity index (χ3v) is 4.51. The molecule has 0 radical (unpaired) electrons. The summed E-state index contributed by atoms with van der Waals surface area (Å²) in [5.41, 5.74) is 3.80. The van der Waals surface area contributed by atoms with Crippen molar-refractivity contribution in [3.8, 4) is 0 Å². The fourth-order valence-electron chi connectivity index (χ4n) is 2.94. The quantitative estimate of drug-likeness (QED) is 0.373. The second-order valence-corrected chi connectivity index (χ2v) is 6.90. The van der Waals surface area contributed by atoms with E-state index in [4.69, 9.17) is 4.99 Å². The summed E-state index contributed by atoms with van der Waals surface area (Å²) >= 11 is 0. The third-order valence-electron chi connectivity index (χ3n) is 4.51.